The lowest BCUT2D eigenvalue weighted by atomic mass is 10.1. The molecule has 0 saturated heterocycles. The Kier molecular flexibility index (Phi) is 4.39. The number of aromatic amines is 1. The van der Waals surface area contributed by atoms with Gasteiger partial charge in [0.2, 0.25) is 0 Å². The zero-order valence-electron chi connectivity index (χ0n) is 12.2. The van der Waals surface area contributed by atoms with E-state index in [4.69, 9.17) is 0 Å². The van der Waals surface area contributed by atoms with Gasteiger partial charge in [0.05, 0.1) is 16.1 Å². The number of rotatable bonds is 4. The molecule has 8 heteroatoms. The van der Waals surface area contributed by atoms with Gasteiger partial charge < -0.3 is 5.32 Å². The minimum atomic E-state index is -4.46. The molecule has 0 atom stereocenters. The zero-order valence-corrected chi connectivity index (χ0v) is 13.0. The number of carbonyl (C=O) groups excluding carboxylic acids is 1. The van der Waals surface area contributed by atoms with Crippen LogP contribution in [0.25, 0.3) is 10.6 Å². The number of alkyl halides is 3. The second kappa shape index (κ2) is 6.48. The predicted octanol–water partition coefficient (Wildman–Crippen LogP) is 4.09. The van der Waals surface area contributed by atoms with Crippen molar-refractivity contribution in [3.8, 4) is 10.6 Å². The second-order valence-electron chi connectivity index (χ2n) is 4.98. The number of nitrogens with zero attached hydrogens (tertiary/aromatic N) is 1. The van der Waals surface area contributed by atoms with Gasteiger partial charge in [0.1, 0.15) is 0 Å². The molecule has 1 amide bonds. The van der Waals surface area contributed by atoms with E-state index < -0.39 is 17.6 Å². The van der Waals surface area contributed by atoms with Crippen molar-refractivity contribution in [1.29, 1.82) is 0 Å². The third-order valence-corrected chi connectivity index (χ3v) is 4.26. The van der Waals surface area contributed by atoms with E-state index in [1.165, 1.54) is 29.5 Å². The molecule has 0 spiro atoms. The summed E-state index contributed by atoms with van der Waals surface area (Å²) in [6, 6.07) is 10.5. The summed E-state index contributed by atoms with van der Waals surface area (Å²) < 4.78 is 38.8. The number of carbonyl (C=O) groups is 1. The normalized spacial score (nSPS) is 11.5. The third kappa shape index (κ3) is 3.48. The Bertz CT molecular complexity index is 840. The highest BCUT2D eigenvalue weighted by molar-refractivity contribution is 7.13. The summed E-state index contributed by atoms with van der Waals surface area (Å²) in [5.74, 6) is -0.536. The highest BCUT2D eigenvalue weighted by Crippen LogP contribution is 2.31. The van der Waals surface area contributed by atoms with E-state index in [1.807, 2.05) is 17.5 Å². The maximum absolute atomic E-state index is 12.9. The van der Waals surface area contributed by atoms with Gasteiger partial charge >= 0.3 is 6.18 Å². The number of H-pyrrole nitrogens is 1. The SMILES string of the molecule is O=C(NCc1ccccc1C(F)(F)F)c1cc(-c2cccs2)[nH]n1. The fourth-order valence-electron chi connectivity index (χ4n) is 2.21. The Labute approximate surface area is 139 Å². The lowest BCUT2D eigenvalue weighted by molar-refractivity contribution is -0.138. The van der Waals surface area contributed by atoms with Gasteiger partial charge in [0, 0.05) is 6.54 Å². The van der Waals surface area contributed by atoms with E-state index in [0.29, 0.717) is 5.69 Å². The average molecular weight is 351 g/mol. The quantitative estimate of drug-likeness (QED) is 0.744. The van der Waals surface area contributed by atoms with Gasteiger partial charge in [0.15, 0.2) is 5.69 Å². The van der Waals surface area contributed by atoms with E-state index in [0.717, 1.165) is 10.9 Å². The van der Waals surface area contributed by atoms with E-state index in [1.54, 1.807) is 6.07 Å². The smallest absolute Gasteiger partial charge is 0.347 e. The number of hydrogen-bond acceptors (Lipinski definition) is 3. The summed E-state index contributed by atoms with van der Waals surface area (Å²) >= 11 is 1.49. The fourth-order valence-corrected chi connectivity index (χ4v) is 2.91. The van der Waals surface area contributed by atoms with E-state index >= 15 is 0 Å². The molecule has 3 rings (SSSR count). The molecular formula is C16H12F3N3OS. The van der Waals surface area contributed by atoms with Crippen molar-refractivity contribution in [2.75, 3.05) is 0 Å². The Morgan fingerprint density at radius 1 is 1.21 bits per heavy atom. The maximum atomic E-state index is 12.9. The summed E-state index contributed by atoms with van der Waals surface area (Å²) in [6.07, 6.45) is -4.46. The van der Waals surface area contributed by atoms with Crippen LogP contribution < -0.4 is 5.32 Å². The minimum absolute atomic E-state index is 0.00682. The first-order valence-electron chi connectivity index (χ1n) is 6.98. The van der Waals surface area contributed by atoms with Gasteiger partial charge in [-0.2, -0.15) is 18.3 Å². The first-order valence-corrected chi connectivity index (χ1v) is 7.85. The van der Waals surface area contributed by atoms with Gasteiger partial charge in [0.25, 0.3) is 5.91 Å². The molecule has 2 aromatic heterocycles. The monoisotopic (exact) mass is 351 g/mol. The molecule has 0 bridgehead atoms. The fraction of sp³-hybridized carbons (Fsp3) is 0.125. The zero-order chi connectivity index (χ0) is 17.2. The summed E-state index contributed by atoms with van der Waals surface area (Å²) in [5, 5.41) is 11.0. The molecule has 0 aliphatic heterocycles. The predicted molar refractivity (Wildman–Crippen MR) is 84.5 cm³/mol. The van der Waals surface area contributed by atoms with Gasteiger partial charge in [-0.05, 0) is 29.1 Å². The number of thiophene rings is 1. The molecule has 0 fully saturated rings. The van der Waals surface area contributed by atoms with Crippen LogP contribution in [0.2, 0.25) is 0 Å². The molecule has 2 N–H and O–H groups in total. The van der Waals surface area contributed by atoms with Gasteiger partial charge in [-0.25, -0.2) is 0 Å². The number of benzene rings is 1. The van der Waals surface area contributed by atoms with Crippen LogP contribution >= 0.6 is 11.3 Å². The Balaban J connectivity index is 1.71. The second-order valence-corrected chi connectivity index (χ2v) is 5.93. The summed E-state index contributed by atoms with van der Waals surface area (Å²) in [4.78, 5) is 13.0. The average Bonchev–Trinajstić information content (AvgIpc) is 3.22. The van der Waals surface area contributed by atoms with Gasteiger partial charge in [-0.3, -0.25) is 9.89 Å². The molecule has 3 aromatic rings. The van der Waals surface area contributed by atoms with Gasteiger partial charge in [-0.15, -0.1) is 11.3 Å². The van der Waals surface area contributed by atoms with E-state index in [-0.39, 0.29) is 17.8 Å². The Hall–Kier alpha value is -2.61. The van der Waals surface area contributed by atoms with Crippen LogP contribution in [0, 0.1) is 0 Å². The number of halogens is 3. The highest BCUT2D eigenvalue weighted by Gasteiger charge is 2.32. The van der Waals surface area contributed by atoms with Crippen molar-refractivity contribution in [1.82, 2.24) is 15.5 Å². The molecular weight excluding hydrogens is 339 g/mol. The standard InChI is InChI=1S/C16H12F3N3OS/c17-16(18,19)11-5-2-1-4-10(11)9-20-15(23)13-8-12(21-22-13)14-6-3-7-24-14/h1-8H,9H2,(H,20,23)(H,21,22). The van der Waals surface area contributed by atoms with Crippen molar-refractivity contribution in [2.24, 2.45) is 0 Å². The molecule has 4 nitrogen and oxygen atoms in total. The Morgan fingerprint density at radius 3 is 2.71 bits per heavy atom. The van der Waals surface area contributed by atoms with Crippen LogP contribution in [0.4, 0.5) is 13.2 Å². The van der Waals surface area contributed by atoms with Crippen LogP contribution in [0.3, 0.4) is 0 Å². The molecule has 0 radical (unpaired) electrons. The summed E-state index contributed by atoms with van der Waals surface area (Å²) in [7, 11) is 0. The first kappa shape index (κ1) is 16.3. The lowest BCUT2D eigenvalue weighted by Gasteiger charge is -2.12. The topological polar surface area (TPSA) is 57.8 Å². The van der Waals surface area contributed by atoms with Crippen molar-refractivity contribution in [3.63, 3.8) is 0 Å². The number of aromatic nitrogens is 2. The first-order chi connectivity index (χ1) is 11.4. The van der Waals surface area contributed by atoms with Crippen LogP contribution in [0.15, 0.2) is 47.8 Å². The largest absolute Gasteiger partial charge is 0.416 e. The van der Waals surface area contributed by atoms with E-state index in [2.05, 4.69) is 15.5 Å². The molecule has 2 heterocycles. The molecule has 0 unspecified atom stereocenters. The minimum Gasteiger partial charge on any atom is -0.347 e. The number of hydrogen-bond donors (Lipinski definition) is 2. The molecule has 124 valence electrons. The number of amides is 1. The molecule has 0 aliphatic carbocycles. The van der Waals surface area contributed by atoms with E-state index in [9.17, 15) is 18.0 Å². The molecule has 0 aliphatic rings. The van der Waals surface area contributed by atoms with Crippen molar-refractivity contribution in [3.05, 3.63) is 64.7 Å². The van der Waals surface area contributed by atoms with Crippen LogP contribution in [-0.4, -0.2) is 16.1 Å². The lowest BCUT2D eigenvalue weighted by Crippen LogP contribution is -2.24. The molecule has 0 saturated carbocycles. The molecule has 24 heavy (non-hydrogen) atoms. The summed E-state index contributed by atoms with van der Waals surface area (Å²) in [5.41, 5.74) is 0.0627. The summed E-state index contributed by atoms with van der Waals surface area (Å²) in [6.45, 7) is -0.226. The van der Waals surface area contributed by atoms with Crippen molar-refractivity contribution in [2.45, 2.75) is 12.7 Å². The van der Waals surface area contributed by atoms with Gasteiger partial charge in [-0.1, -0.05) is 24.3 Å². The van der Waals surface area contributed by atoms with Crippen LogP contribution in [-0.2, 0) is 12.7 Å². The van der Waals surface area contributed by atoms with Crippen LogP contribution in [0.5, 0.6) is 0 Å². The van der Waals surface area contributed by atoms with Crippen molar-refractivity contribution < 1.29 is 18.0 Å². The van der Waals surface area contributed by atoms with Crippen LogP contribution in [0.1, 0.15) is 21.6 Å². The third-order valence-electron chi connectivity index (χ3n) is 3.36. The maximum Gasteiger partial charge on any atom is 0.416 e. The molecule has 1 aromatic carbocycles. The number of nitrogens with one attached hydrogen (secondary N) is 2. The van der Waals surface area contributed by atoms with Crippen molar-refractivity contribution >= 4 is 17.2 Å². The highest BCUT2D eigenvalue weighted by atomic mass is 32.1. The Morgan fingerprint density at radius 2 is 2.00 bits per heavy atom.